The molecule has 0 saturated carbocycles. The molecule has 0 saturated heterocycles. The molecule has 5 nitrogen and oxygen atoms in total. The van der Waals surface area contributed by atoms with Crippen molar-refractivity contribution < 1.29 is 9.59 Å². The Labute approximate surface area is 153 Å². The van der Waals surface area contributed by atoms with Crippen LogP contribution in [0.4, 0.5) is 11.4 Å². The average Bonchev–Trinajstić information content (AvgIpc) is 2.97. The predicted octanol–water partition coefficient (Wildman–Crippen LogP) is 3.50. The summed E-state index contributed by atoms with van der Waals surface area (Å²) in [6.07, 6.45) is 0.787. The van der Waals surface area contributed by atoms with E-state index in [4.69, 9.17) is 5.26 Å². The van der Waals surface area contributed by atoms with Gasteiger partial charge in [0.1, 0.15) is 5.41 Å². The molecule has 0 radical (unpaired) electrons. The van der Waals surface area contributed by atoms with Crippen molar-refractivity contribution in [2.75, 3.05) is 10.2 Å². The van der Waals surface area contributed by atoms with Crippen molar-refractivity contribution in [1.29, 1.82) is 5.26 Å². The molecule has 1 heterocycles. The zero-order valence-electron chi connectivity index (χ0n) is 15.1. The third-order valence-electron chi connectivity index (χ3n) is 4.80. The number of benzene rings is 2. The van der Waals surface area contributed by atoms with E-state index in [1.54, 1.807) is 43.0 Å². The minimum atomic E-state index is -1.22. The summed E-state index contributed by atoms with van der Waals surface area (Å²) in [4.78, 5) is 27.7. The molecule has 1 unspecified atom stereocenters. The molecule has 1 aliphatic heterocycles. The third-order valence-corrected chi connectivity index (χ3v) is 4.80. The highest BCUT2D eigenvalue weighted by Gasteiger charge is 2.43. The molecule has 0 aromatic heterocycles. The molecule has 3 rings (SSSR count). The summed E-state index contributed by atoms with van der Waals surface area (Å²) < 4.78 is 0. The highest BCUT2D eigenvalue weighted by Crippen LogP contribution is 2.35. The molecule has 1 atom stereocenters. The Bertz CT molecular complexity index is 894. The first-order valence-electron chi connectivity index (χ1n) is 8.58. The minimum Gasteiger partial charge on any atom is -0.325 e. The maximum Gasteiger partial charge on any atom is 0.242 e. The molecule has 132 valence electrons. The number of hydrogen-bond acceptors (Lipinski definition) is 3. The van der Waals surface area contributed by atoms with Crippen LogP contribution in [-0.4, -0.2) is 17.9 Å². The second-order valence-electron chi connectivity index (χ2n) is 7.13. The van der Waals surface area contributed by atoms with E-state index >= 15 is 0 Å². The van der Waals surface area contributed by atoms with Crippen molar-refractivity contribution in [2.24, 2.45) is 5.41 Å². The lowest BCUT2D eigenvalue weighted by atomic mass is 9.89. The van der Waals surface area contributed by atoms with Gasteiger partial charge < -0.3 is 10.2 Å². The number of carbonyl (C=O) groups is 2. The topological polar surface area (TPSA) is 73.2 Å². The molecule has 0 spiro atoms. The molecule has 1 N–H and O–H groups in total. The van der Waals surface area contributed by atoms with Gasteiger partial charge in [0.15, 0.2) is 0 Å². The Morgan fingerprint density at radius 3 is 2.46 bits per heavy atom. The molecule has 0 aliphatic carbocycles. The Balaban J connectivity index is 1.81. The van der Waals surface area contributed by atoms with Gasteiger partial charge in [-0.25, -0.2) is 0 Å². The fourth-order valence-electron chi connectivity index (χ4n) is 3.19. The summed E-state index contributed by atoms with van der Waals surface area (Å²) in [6.45, 7) is 5.27. The molecular formula is C21H21N3O2. The monoisotopic (exact) mass is 347 g/mol. The average molecular weight is 347 g/mol. The summed E-state index contributed by atoms with van der Waals surface area (Å²) in [7, 11) is 0. The number of nitriles is 1. The highest BCUT2D eigenvalue weighted by molar-refractivity contribution is 6.15. The largest absolute Gasteiger partial charge is 0.325 e. The van der Waals surface area contributed by atoms with Crippen LogP contribution >= 0.6 is 0 Å². The number of nitrogens with one attached hydrogen (secondary N) is 1. The number of fused-ring (bicyclic) bond motifs is 1. The maximum absolute atomic E-state index is 13.2. The van der Waals surface area contributed by atoms with Crippen molar-refractivity contribution >= 4 is 23.2 Å². The fourth-order valence-corrected chi connectivity index (χ4v) is 3.19. The normalized spacial score (nSPS) is 15.9. The van der Waals surface area contributed by atoms with Crippen LogP contribution in [0.3, 0.4) is 0 Å². The molecule has 26 heavy (non-hydrogen) atoms. The summed E-state index contributed by atoms with van der Waals surface area (Å²) in [5.41, 5.74) is 1.85. The quantitative estimate of drug-likeness (QED) is 0.864. The van der Waals surface area contributed by atoms with Crippen LogP contribution in [0, 0.1) is 16.7 Å². The van der Waals surface area contributed by atoms with Crippen molar-refractivity contribution in [3.63, 3.8) is 0 Å². The van der Waals surface area contributed by atoms with Gasteiger partial charge in [-0.2, -0.15) is 5.26 Å². The lowest BCUT2D eigenvalue weighted by molar-refractivity contribution is -0.136. The van der Waals surface area contributed by atoms with Crippen molar-refractivity contribution in [3.05, 3.63) is 59.7 Å². The summed E-state index contributed by atoms with van der Waals surface area (Å²) >= 11 is 0. The number of nitrogens with zero attached hydrogens (tertiary/aromatic N) is 2. The maximum atomic E-state index is 13.2. The third kappa shape index (κ3) is 3.06. The van der Waals surface area contributed by atoms with Crippen LogP contribution in [0.25, 0.3) is 0 Å². The smallest absolute Gasteiger partial charge is 0.242 e. The molecule has 0 bridgehead atoms. The summed E-state index contributed by atoms with van der Waals surface area (Å²) in [5, 5.41) is 11.6. The standard InChI is InChI=1S/C21H21N3O2/c1-14-12-16-6-4-5-7-18(16)24(14)20(26)21(2,3)19(25)23-17-10-8-15(13-22)9-11-17/h4-11,14H,12H2,1-3H3,(H,23,25). The van der Waals surface area contributed by atoms with E-state index in [0.29, 0.717) is 11.3 Å². The number of rotatable bonds is 3. The Hall–Kier alpha value is -3.13. The van der Waals surface area contributed by atoms with Gasteiger partial charge in [0, 0.05) is 17.4 Å². The lowest BCUT2D eigenvalue weighted by Gasteiger charge is -2.31. The number of hydrogen-bond donors (Lipinski definition) is 1. The van der Waals surface area contributed by atoms with E-state index < -0.39 is 5.41 Å². The van der Waals surface area contributed by atoms with Gasteiger partial charge >= 0.3 is 0 Å². The summed E-state index contributed by atoms with van der Waals surface area (Å²) in [5.74, 6) is -0.593. The molecule has 5 heteroatoms. The van der Waals surface area contributed by atoms with Gasteiger partial charge in [-0.1, -0.05) is 18.2 Å². The Morgan fingerprint density at radius 1 is 1.15 bits per heavy atom. The Morgan fingerprint density at radius 2 is 1.81 bits per heavy atom. The zero-order chi connectivity index (χ0) is 18.9. The first kappa shape index (κ1) is 17.7. The highest BCUT2D eigenvalue weighted by atomic mass is 16.2. The van der Waals surface area contributed by atoms with Gasteiger partial charge in [0.25, 0.3) is 0 Å². The van der Waals surface area contributed by atoms with E-state index in [2.05, 4.69) is 5.32 Å². The number of anilines is 2. The van der Waals surface area contributed by atoms with Gasteiger partial charge in [-0.15, -0.1) is 0 Å². The van der Waals surface area contributed by atoms with Gasteiger partial charge in [-0.05, 0) is 63.1 Å². The van der Waals surface area contributed by atoms with Crippen molar-refractivity contribution in [2.45, 2.75) is 33.2 Å². The van der Waals surface area contributed by atoms with E-state index in [-0.39, 0.29) is 17.9 Å². The predicted molar refractivity (Wildman–Crippen MR) is 101 cm³/mol. The van der Waals surface area contributed by atoms with Crippen molar-refractivity contribution in [3.8, 4) is 6.07 Å². The van der Waals surface area contributed by atoms with Crippen LogP contribution in [-0.2, 0) is 16.0 Å². The van der Waals surface area contributed by atoms with E-state index in [1.165, 1.54) is 0 Å². The molecule has 2 amide bonds. The van der Waals surface area contributed by atoms with Crippen LogP contribution < -0.4 is 10.2 Å². The SMILES string of the molecule is CC1Cc2ccccc2N1C(=O)C(C)(C)C(=O)Nc1ccc(C#N)cc1. The van der Waals surface area contributed by atoms with E-state index in [0.717, 1.165) is 17.7 Å². The lowest BCUT2D eigenvalue weighted by Crippen LogP contribution is -2.49. The molecule has 2 aromatic carbocycles. The zero-order valence-corrected chi connectivity index (χ0v) is 15.1. The molecule has 1 aliphatic rings. The van der Waals surface area contributed by atoms with E-state index in [1.807, 2.05) is 37.3 Å². The molecular weight excluding hydrogens is 326 g/mol. The molecule has 0 fully saturated rings. The van der Waals surface area contributed by atoms with Gasteiger partial charge in [0.05, 0.1) is 11.6 Å². The van der Waals surface area contributed by atoms with E-state index in [9.17, 15) is 9.59 Å². The van der Waals surface area contributed by atoms with Gasteiger partial charge in [0.2, 0.25) is 11.8 Å². The number of amides is 2. The molecule has 2 aromatic rings. The Kier molecular flexibility index (Phi) is 4.52. The van der Waals surface area contributed by atoms with Crippen LogP contribution in [0.2, 0.25) is 0 Å². The minimum absolute atomic E-state index is 0.0156. The second kappa shape index (κ2) is 6.64. The number of para-hydroxylation sites is 1. The number of carbonyl (C=O) groups excluding carboxylic acids is 2. The van der Waals surface area contributed by atoms with Crippen molar-refractivity contribution in [1.82, 2.24) is 0 Å². The van der Waals surface area contributed by atoms with Gasteiger partial charge in [-0.3, -0.25) is 9.59 Å². The van der Waals surface area contributed by atoms with Crippen LogP contribution in [0.15, 0.2) is 48.5 Å². The summed E-state index contributed by atoms with van der Waals surface area (Å²) in [6, 6.07) is 16.4. The fraction of sp³-hybridized carbons (Fsp3) is 0.286. The first-order valence-corrected chi connectivity index (χ1v) is 8.58. The first-order chi connectivity index (χ1) is 12.3. The second-order valence-corrected chi connectivity index (χ2v) is 7.13. The van der Waals surface area contributed by atoms with Crippen LogP contribution in [0.5, 0.6) is 0 Å². The van der Waals surface area contributed by atoms with Crippen LogP contribution in [0.1, 0.15) is 31.9 Å².